The zero-order valence-corrected chi connectivity index (χ0v) is 16.6. The molecule has 2 aromatic rings. The van der Waals surface area contributed by atoms with E-state index >= 15 is 0 Å². The van der Waals surface area contributed by atoms with Gasteiger partial charge in [-0.3, -0.25) is 4.99 Å². The molecule has 0 spiro atoms. The van der Waals surface area contributed by atoms with Gasteiger partial charge in [-0.15, -0.1) is 24.0 Å². The Kier molecular flexibility index (Phi) is 8.25. The summed E-state index contributed by atoms with van der Waals surface area (Å²) in [4.78, 5) is 4.22. The first-order chi connectivity index (χ1) is 10.6. The molecule has 2 N–H and O–H groups in total. The Labute approximate surface area is 159 Å². The number of guanidine groups is 1. The zero-order chi connectivity index (χ0) is 15.9. The minimum atomic E-state index is 0. The van der Waals surface area contributed by atoms with Crippen molar-refractivity contribution in [2.75, 3.05) is 14.2 Å². The van der Waals surface area contributed by atoms with E-state index < -0.39 is 0 Å². The molecular weight excluding hydrogens is 427 g/mol. The Morgan fingerprint density at radius 2 is 2.00 bits per heavy atom. The summed E-state index contributed by atoms with van der Waals surface area (Å²) in [7, 11) is 5.39. The van der Waals surface area contributed by atoms with Gasteiger partial charge in [-0.1, -0.05) is 17.7 Å². The molecule has 1 aromatic carbocycles. The number of ether oxygens (including phenoxy) is 1. The third-order valence-electron chi connectivity index (χ3n) is 3.27. The Morgan fingerprint density at radius 1 is 1.26 bits per heavy atom. The SMILES string of the molecule is CN=C(NCc1ccn(C)c1)NCc1ccc(Cl)cc1OC.I. The number of benzene rings is 1. The smallest absolute Gasteiger partial charge is 0.191 e. The number of aryl methyl sites for hydroxylation is 1. The van der Waals surface area contributed by atoms with Crippen LogP contribution in [-0.2, 0) is 20.1 Å². The van der Waals surface area contributed by atoms with Crippen molar-refractivity contribution in [1.82, 2.24) is 15.2 Å². The average Bonchev–Trinajstić information content (AvgIpc) is 2.94. The van der Waals surface area contributed by atoms with E-state index in [0.29, 0.717) is 11.6 Å². The van der Waals surface area contributed by atoms with E-state index in [1.54, 1.807) is 20.2 Å². The molecule has 0 radical (unpaired) electrons. The largest absolute Gasteiger partial charge is 0.496 e. The lowest BCUT2D eigenvalue weighted by Gasteiger charge is -2.13. The van der Waals surface area contributed by atoms with Crippen LogP contribution in [-0.4, -0.2) is 24.7 Å². The van der Waals surface area contributed by atoms with Gasteiger partial charge in [0.2, 0.25) is 0 Å². The minimum Gasteiger partial charge on any atom is -0.496 e. The monoisotopic (exact) mass is 448 g/mol. The normalized spacial score (nSPS) is 10.9. The lowest BCUT2D eigenvalue weighted by molar-refractivity contribution is 0.409. The number of nitrogens with zero attached hydrogens (tertiary/aromatic N) is 2. The second-order valence-corrected chi connectivity index (χ2v) is 5.36. The van der Waals surface area contributed by atoms with Gasteiger partial charge in [0, 0.05) is 50.2 Å². The molecule has 7 heteroatoms. The molecule has 0 saturated carbocycles. The summed E-state index contributed by atoms with van der Waals surface area (Å²) in [6, 6.07) is 7.67. The predicted molar refractivity (Wildman–Crippen MR) is 106 cm³/mol. The molecule has 126 valence electrons. The second kappa shape index (κ2) is 9.67. The van der Waals surface area contributed by atoms with Crippen LogP contribution in [0.4, 0.5) is 0 Å². The van der Waals surface area contributed by atoms with E-state index in [2.05, 4.69) is 27.9 Å². The molecule has 1 heterocycles. The topological polar surface area (TPSA) is 50.6 Å². The van der Waals surface area contributed by atoms with Crippen molar-refractivity contribution in [3.63, 3.8) is 0 Å². The molecule has 23 heavy (non-hydrogen) atoms. The van der Waals surface area contributed by atoms with Crippen LogP contribution in [0.25, 0.3) is 0 Å². The molecule has 0 bridgehead atoms. The van der Waals surface area contributed by atoms with Gasteiger partial charge in [-0.2, -0.15) is 0 Å². The number of hydrogen-bond acceptors (Lipinski definition) is 2. The molecule has 0 aliphatic rings. The van der Waals surface area contributed by atoms with Gasteiger partial charge in [0.15, 0.2) is 5.96 Å². The number of methoxy groups -OCH3 is 1. The summed E-state index contributed by atoms with van der Waals surface area (Å²) in [5.74, 6) is 1.50. The first-order valence-corrected chi connectivity index (χ1v) is 7.38. The standard InChI is InChI=1S/C16H21ClN4O.HI/c1-18-16(19-9-12-6-7-21(2)11-12)20-10-13-4-5-14(17)8-15(13)22-3;/h4-8,11H,9-10H2,1-3H3,(H2,18,19,20);1H. The van der Waals surface area contributed by atoms with Gasteiger partial charge >= 0.3 is 0 Å². The Bertz CT molecular complexity index is 657. The highest BCUT2D eigenvalue weighted by molar-refractivity contribution is 14.0. The quantitative estimate of drug-likeness (QED) is 0.420. The first kappa shape index (κ1) is 19.6. The fourth-order valence-corrected chi connectivity index (χ4v) is 2.28. The van der Waals surface area contributed by atoms with Crippen LogP contribution in [0.15, 0.2) is 41.7 Å². The maximum absolute atomic E-state index is 5.97. The van der Waals surface area contributed by atoms with Crippen LogP contribution in [0.3, 0.4) is 0 Å². The number of hydrogen-bond donors (Lipinski definition) is 2. The predicted octanol–water partition coefficient (Wildman–Crippen LogP) is 3.17. The van der Waals surface area contributed by atoms with E-state index in [4.69, 9.17) is 16.3 Å². The van der Waals surface area contributed by atoms with Crippen LogP contribution in [0.5, 0.6) is 5.75 Å². The number of nitrogens with one attached hydrogen (secondary N) is 2. The molecular formula is C16H22ClIN4O. The summed E-state index contributed by atoms with van der Waals surface area (Å²) in [5.41, 5.74) is 2.23. The summed E-state index contributed by atoms with van der Waals surface area (Å²) in [6.45, 7) is 1.33. The van der Waals surface area contributed by atoms with Crippen LogP contribution in [0.1, 0.15) is 11.1 Å². The molecule has 0 saturated heterocycles. The lowest BCUT2D eigenvalue weighted by atomic mass is 10.2. The minimum absolute atomic E-state index is 0. The summed E-state index contributed by atoms with van der Waals surface area (Å²) >= 11 is 5.97. The third-order valence-corrected chi connectivity index (χ3v) is 3.51. The van der Waals surface area contributed by atoms with Gasteiger partial charge in [0.1, 0.15) is 5.75 Å². The molecule has 0 aliphatic carbocycles. The Morgan fingerprint density at radius 3 is 2.61 bits per heavy atom. The van der Waals surface area contributed by atoms with Crippen molar-refractivity contribution in [3.05, 3.63) is 52.8 Å². The number of rotatable bonds is 5. The molecule has 0 aliphatic heterocycles. The fourth-order valence-electron chi connectivity index (χ4n) is 2.12. The van der Waals surface area contributed by atoms with Crippen molar-refractivity contribution in [3.8, 4) is 5.75 Å². The van der Waals surface area contributed by atoms with E-state index in [0.717, 1.165) is 23.8 Å². The van der Waals surface area contributed by atoms with Gasteiger partial charge < -0.3 is 19.9 Å². The highest BCUT2D eigenvalue weighted by atomic mass is 127. The summed E-state index contributed by atoms with van der Waals surface area (Å²) < 4.78 is 7.36. The van der Waals surface area contributed by atoms with Crippen LogP contribution >= 0.6 is 35.6 Å². The second-order valence-electron chi connectivity index (χ2n) is 4.92. The molecule has 0 fully saturated rings. The number of halogens is 2. The average molecular weight is 449 g/mol. The van der Waals surface area contributed by atoms with Crippen molar-refractivity contribution in [1.29, 1.82) is 0 Å². The van der Waals surface area contributed by atoms with Crippen LogP contribution in [0, 0.1) is 0 Å². The van der Waals surface area contributed by atoms with E-state index in [1.807, 2.05) is 29.9 Å². The summed E-state index contributed by atoms with van der Waals surface area (Å²) in [5, 5.41) is 7.20. The molecule has 1 aromatic heterocycles. The number of aromatic nitrogens is 1. The van der Waals surface area contributed by atoms with Crippen molar-refractivity contribution < 1.29 is 4.74 Å². The molecule has 2 rings (SSSR count). The van der Waals surface area contributed by atoms with E-state index in [1.165, 1.54) is 5.56 Å². The highest BCUT2D eigenvalue weighted by Gasteiger charge is 2.05. The maximum atomic E-state index is 5.97. The maximum Gasteiger partial charge on any atom is 0.191 e. The van der Waals surface area contributed by atoms with Gasteiger partial charge in [-0.05, 0) is 23.8 Å². The van der Waals surface area contributed by atoms with Gasteiger partial charge in [0.05, 0.1) is 7.11 Å². The molecule has 0 atom stereocenters. The van der Waals surface area contributed by atoms with Crippen molar-refractivity contribution in [2.24, 2.45) is 12.0 Å². The molecule has 0 unspecified atom stereocenters. The zero-order valence-electron chi connectivity index (χ0n) is 13.5. The molecule has 5 nitrogen and oxygen atoms in total. The van der Waals surface area contributed by atoms with Crippen LogP contribution < -0.4 is 15.4 Å². The molecule has 0 amide bonds. The van der Waals surface area contributed by atoms with Crippen molar-refractivity contribution >= 4 is 41.5 Å². The van der Waals surface area contributed by atoms with E-state index in [-0.39, 0.29) is 24.0 Å². The Hall–Kier alpha value is -1.41. The van der Waals surface area contributed by atoms with Gasteiger partial charge in [-0.25, -0.2) is 0 Å². The van der Waals surface area contributed by atoms with Crippen LogP contribution in [0.2, 0.25) is 5.02 Å². The summed E-state index contributed by atoms with van der Waals surface area (Å²) in [6.07, 6.45) is 4.09. The van der Waals surface area contributed by atoms with Crippen molar-refractivity contribution in [2.45, 2.75) is 13.1 Å². The fraction of sp³-hybridized carbons (Fsp3) is 0.312. The lowest BCUT2D eigenvalue weighted by Crippen LogP contribution is -2.36. The first-order valence-electron chi connectivity index (χ1n) is 7.00. The third kappa shape index (κ3) is 5.95. The number of aliphatic imine (C=N–C) groups is 1. The van der Waals surface area contributed by atoms with E-state index in [9.17, 15) is 0 Å². The van der Waals surface area contributed by atoms with Gasteiger partial charge in [0.25, 0.3) is 0 Å². The Balaban J connectivity index is 0.00000264. The highest BCUT2D eigenvalue weighted by Crippen LogP contribution is 2.22.